The van der Waals surface area contributed by atoms with Gasteiger partial charge in [0.25, 0.3) is 5.91 Å². The number of fused-ring (bicyclic) bond motifs is 1. The maximum Gasteiger partial charge on any atom is 0.280 e. The third-order valence-electron chi connectivity index (χ3n) is 5.08. The second-order valence-electron chi connectivity index (χ2n) is 7.46. The third kappa shape index (κ3) is 4.33. The number of rotatable bonds is 7. The third-order valence-corrected chi connectivity index (χ3v) is 8.23. The van der Waals surface area contributed by atoms with Gasteiger partial charge in [-0.3, -0.25) is 10.1 Å². The quantitative estimate of drug-likeness (QED) is 0.408. The SMILES string of the molecule is O=C(Nc1nc2nccnc2s1)C(=NO[C@@H]1CCOC1)c1ccc(S(=O)(=O)C2CC2)cc1. The molecule has 1 aromatic carbocycles. The van der Waals surface area contributed by atoms with Gasteiger partial charge >= 0.3 is 0 Å². The molecule has 32 heavy (non-hydrogen) atoms. The second-order valence-corrected chi connectivity index (χ2v) is 10.7. The Morgan fingerprint density at radius 2 is 1.94 bits per heavy atom. The number of carbonyl (C=O) groups is 1. The highest BCUT2D eigenvalue weighted by molar-refractivity contribution is 7.92. The highest BCUT2D eigenvalue weighted by Gasteiger charge is 2.36. The topological polar surface area (TPSA) is 133 Å². The molecule has 0 unspecified atom stereocenters. The van der Waals surface area contributed by atoms with Gasteiger partial charge in [-0.25, -0.2) is 18.4 Å². The number of hydrogen-bond donors (Lipinski definition) is 1. The smallest absolute Gasteiger partial charge is 0.280 e. The van der Waals surface area contributed by atoms with Crippen LogP contribution in [0.1, 0.15) is 24.8 Å². The van der Waals surface area contributed by atoms with Crippen molar-refractivity contribution < 1.29 is 22.8 Å². The molecule has 5 rings (SSSR count). The molecule has 1 saturated carbocycles. The summed E-state index contributed by atoms with van der Waals surface area (Å²) in [5.74, 6) is -0.541. The Morgan fingerprint density at radius 1 is 1.16 bits per heavy atom. The number of ether oxygens (including phenoxy) is 1. The minimum Gasteiger partial charge on any atom is -0.389 e. The van der Waals surface area contributed by atoms with Crippen molar-refractivity contribution >= 4 is 48.4 Å². The molecule has 1 aliphatic carbocycles. The van der Waals surface area contributed by atoms with E-state index in [0.29, 0.717) is 53.6 Å². The van der Waals surface area contributed by atoms with Crippen molar-refractivity contribution in [2.75, 3.05) is 18.5 Å². The number of anilines is 1. The zero-order chi connectivity index (χ0) is 22.1. The van der Waals surface area contributed by atoms with Crippen LogP contribution in [0.5, 0.6) is 0 Å². The first-order valence-corrected chi connectivity index (χ1v) is 12.4. The van der Waals surface area contributed by atoms with Crippen LogP contribution < -0.4 is 5.32 Å². The van der Waals surface area contributed by atoms with Gasteiger partial charge in [0, 0.05) is 24.4 Å². The normalized spacial score (nSPS) is 19.2. The van der Waals surface area contributed by atoms with Gasteiger partial charge in [-0.1, -0.05) is 28.6 Å². The number of hydrogen-bond acceptors (Lipinski definition) is 10. The van der Waals surface area contributed by atoms with Crippen LogP contribution in [-0.4, -0.2) is 59.6 Å². The molecule has 1 saturated heterocycles. The summed E-state index contributed by atoms with van der Waals surface area (Å²) in [4.78, 5) is 31.9. The maximum absolute atomic E-state index is 13.0. The van der Waals surface area contributed by atoms with Crippen LogP contribution in [0.3, 0.4) is 0 Å². The first-order chi connectivity index (χ1) is 15.5. The lowest BCUT2D eigenvalue weighted by Crippen LogP contribution is -2.25. The molecule has 12 heteroatoms. The Kier molecular flexibility index (Phi) is 5.57. The van der Waals surface area contributed by atoms with E-state index in [4.69, 9.17) is 9.57 Å². The van der Waals surface area contributed by atoms with Crippen LogP contribution in [0.25, 0.3) is 10.5 Å². The number of sulfone groups is 1. The summed E-state index contributed by atoms with van der Waals surface area (Å²) in [5.41, 5.74) is 0.862. The van der Waals surface area contributed by atoms with E-state index in [0.717, 1.165) is 0 Å². The number of nitrogens with one attached hydrogen (secondary N) is 1. The molecule has 0 radical (unpaired) electrons. The van der Waals surface area contributed by atoms with Crippen LogP contribution in [0.4, 0.5) is 5.13 Å². The van der Waals surface area contributed by atoms with E-state index in [9.17, 15) is 13.2 Å². The van der Waals surface area contributed by atoms with Crippen LogP contribution >= 0.6 is 11.3 Å². The summed E-state index contributed by atoms with van der Waals surface area (Å²) >= 11 is 1.19. The molecule has 3 heterocycles. The van der Waals surface area contributed by atoms with Crippen molar-refractivity contribution in [1.29, 1.82) is 0 Å². The van der Waals surface area contributed by atoms with E-state index >= 15 is 0 Å². The molecule has 1 atom stereocenters. The standard InChI is InChI=1S/C20H19N5O5S2/c26-18(24-20-23-17-19(31-20)22-9-8-21-17)16(25-30-13-7-10-29-11-13)12-1-3-14(4-2-12)32(27,28)15-5-6-15/h1-4,8-9,13,15H,5-7,10-11H2,(H,21,23,24,26)/t13-/m1/s1. The van der Waals surface area contributed by atoms with E-state index in [1.165, 1.54) is 29.7 Å². The van der Waals surface area contributed by atoms with Crippen molar-refractivity contribution in [3.8, 4) is 0 Å². The highest BCUT2D eigenvalue weighted by atomic mass is 32.2. The van der Waals surface area contributed by atoms with Gasteiger partial charge in [0.15, 0.2) is 37.3 Å². The largest absolute Gasteiger partial charge is 0.389 e. The summed E-state index contributed by atoms with van der Waals surface area (Å²) in [6.07, 6.45) is 4.86. The number of nitrogens with zero attached hydrogens (tertiary/aromatic N) is 4. The van der Waals surface area contributed by atoms with Crippen molar-refractivity contribution in [3.63, 3.8) is 0 Å². The number of thiazole rings is 1. The van der Waals surface area contributed by atoms with Crippen molar-refractivity contribution in [2.45, 2.75) is 35.5 Å². The zero-order valence-corrected chi connectivity index (χ0v) is 18.4. The Morgan fingerprint density at radius 3 is 2.62 bits per heavy atom. The predicted molar refractivity (Wildman–Crippen MR) is 117 cm³/mol. The molecule has 1 amide bonds. The Bertz CT molecular complexity index is 1250. The Balaban J connectivity index is 1.41. The number of amides is 1. The number of benzene rings is 1. The molecule has 10 nitrogen and oxygen atoms in total. The van der Waals surface area contributed by atoms with Crippen molar-refractivity contribution in [1.82, 2.24) is 15.0 Å². The van der Waals surface area contributed by atoms with Crippen LogP contribution in [0.15, 0.2) is 46.7 Å². The molecular weight excluding hydrogens is 454 g/mol. The maximum atomic E-state index is 13.0. The summed E-state index contributed by atoms with van der Waals surface area (Å²) < 4.78 is 30.2. The molecule has 0 bridgehead atoms. The summed E-state index contributed by atoms with van der Waals surface area (Å²) in [6.45, 7) is 0.966. The van der Waals surface area contributed by atoms with E-state index in [-0.39, 0.29) is 22.0 Å². The molecular formula is C20H19N5O5S2. The average molecular weight is 474 g/mol. The first kappa shape index (κ1) is 20.9. The molecule has 1 aliphatic heterocycles. The van der Waals surface area contributed by atoms with Crippen LogP contribution in [0.2, 0.25) is 0 Å². The fraction of sp³-hybridized carbons (Fsp3) is 0.350. The zero-order valence-electron chi connectivity index (χ0n) is 16.8. The highest BCUT2D eigenvalue weighted by Crippen LogP contribution is 2.33. The minimum atomic E-state index is -3.33. The van der Waals surface area contributed by atoms with Gasteiger partial charge in [-0.2, -0.15) is 4.98 Å². The van der Waals surface area contributed by atoms with Gasteiger partial charge in [0.1, 0.15) is 0 Å². The second kappa shape index (κ2) is 8.52. The van der Waals surface area contributed by atoms with Gasteiger partial charge in [0.05, 0.1) is 23.4 Å². The first-order valence-electron chi connectivity index (χ1n) is 10.1. The average Bonchev–Trinajstić information content (AvgIpc) is 3.39. The Hall–Kier alpha value is -2.96. The lowest BCUT2D eigenvalue weighted by molar-refractivity contribution is -0.110. The van der Waals surface area contributed by atoms with Crippen molar-refractivity contribution in [3.05, 3.63) is 42.2 Å². The lowest BCUT2D eigenvalue weighted by Gasteiger charge is -2.10. The molecule has 2 fully saturated rings. The fourth-order valence-corrected chi connectivity index (χ4v) is 5.63. The van der Waals surface area contributed by atoms with Gasteiger partial charge < -0.3 is 9.57 Å². The minimum absolute atomic E-state index is 0.00689. The molecule has 166 valence electrons. The summed E-state index contributed by atoms with van der Waals surface area (Å²) in [7, 11) is -3.33. The van der Waals surface area contributed by atoms with Gasteiger partial charge in [0.2, 0.25) is 0 Å². The lowest BCUT2D eigenvalue weighted by atomic mass is 10.1. The van der Waals surface area contributed by atoms with Gasteiger partial charge in [-0.05, 0) is 25.0 Å². The molecule has 2 aromatic heterocycles. The monoisotopic (exact) mass is 473 g/mol. The number of aromatic nitrogens is 3. The van der Waals surface area contributed by atoms with E-state index < -0.39 is 15.7 Å². The number of carbonyl (C=O) groups excluding carboxylic acids is 1. The molecule has 3 aromatic rings. The molecule has 2 aliphatic rings. The summed E-state index contributed by atoms with van der Waals surface area (Å²) in [6, 6.07) is 6.11. The van der Waals surface area contributed by atoms with E-state index in [1.54, 1.807) is 18.3 Å². The Labute approximate surface area is 187 Å². The van der Waals surface area contributed by atoms with Gasteiger partial charge in [-0.15, -0.1) is 0 Å². The van der Waals surface area contributed by atoms with E-state index in [1.807, 2.05) is 0 Å². The van der Waals surface area contributed by atoms with Crippen LogP contribution in [0, 0.1) is 0 Å². The summed E-state index contributed by atoms with van der Waals surface area (Å²) in [5, 5.41) is 6.80. The molecule has 0 spiro atoms. The van der Waals surface area contributed by atoms with E-state index in [2.05, 4.69) is 25.4 Å². The molecule has 1 N–H and O–H groups in total. The van der Waals surface area contributed by atoms with Crippen molar-refractivity contribution in [2.24, 2.45) is 5.16 Å². The number of oxime groups is 1. The predicted octanol–water partition coefficient (Wildman–Crippen LogP) is 2.17. The van der Waals surface area contributed by atoms with Crippen LogP contribution in [-0.2, 0) is 24.2 Å². The fourth-order valence-electron chi connectivity index (χ4n) is 3.21.